The van der Waals surface area contributed by atoms with Gasteiger partial charge in [0.1, 0.15) is 0 Å². The van der Waals surface area contributed by atoms with Gasteiger partial charge in [-0.1, -0.05) is 33.8 Å². The molecule has 21 heavy (non-hydrogen) atoms. The molecule has 0 amide bonds. The predicted molar refractivity (Wildman–Crippen MR) is 87.3 cm³/mol. The van der Waals surface area contributed by atoms with Crippen LogP contribution in [-0.4, -0.2) is 14.9 Å². The van der Waals surface area contributed by atoms with E-state index in [-0.39, 0.29) is 5.88 Å². The second kappa shape index (κ2) is 5.92. The molecular formula is C18H26N2O. The van der Waals surface area contributed by atoms with E-state index in [2.05, 4.69) is 58.8 Å². The van der Waals surface area contributed by atoms with Crippen LogP contribution in [0.5, 0.6) is 5.88 Å². The Morgan fingerprint density at radius 1 is 1.10 bits per heavy atom. The summed E-state index contributed by atoms with van der Waals surface area (Å²) < 4.78 is 1.68. The molecule has 0 atom stereocenters. The second-order valence-electron chi connectivity index (χ2n) is 6.62. The summed E-state index contributed by atoms with van der Waals surface area (Å²) in [5.41, 5.74) is 5.36. The molecule has 0 spiro atoms. The first-order valence-electron chi connectivity index (χ1n) is 7.69. The van der Waals surface area contributed by atoms with Crippen LogP contribution in [0.3, 0.4) is 0 Å². The van der Waals surface area contributed by atoms with Gasteiger partial charge in [0, 0.05) is 5.56 Å². The molecule has 0 saturated heterocycles. The molecule has 2 rings (SSSR count). The normalized spacial score (nSPS) is 11.6. The molecule has 0 radical (unpaired) electrons. The summed E-state index contributed by atoms with van der Waals surface area (Å²) in [6, 6.07) is 6.16. The van der Waals surface area contributed by atoms with Crippen molar-refractivity contribution in [2.24, 2.45) is 5.92 Å². The first-order valence-corrected chi connectivity index (χ1v) is 7.69. The second-order valence-corrected chi connectivity index (χ2v) is 6.62. The van der Waals surface area contributed by atoms with Gasteiger partial charge in [-0.25, -0.2) is 4.68 Å². The Kier molecular flexibility index (Phi) is 4.40. The Morgan fingerprint density at radius 2 is 1.76 bits per heavy atom. The van der Waals surface area contributed by atoms with Gasteiger partial charge in [0.2, 0.25) is 5.88 Å². The fraction of sp³-hybridized carbons (Fsp3) is 0.500. The topological polar surface area (TPSA) is 38.0 Å². The minimum absolute atomic E-state index is 0.288. The molecule has 2 aromatic rings. The summed E-state index contributed by atoms with van der Waals surface area (Å²) in [5.74, 6) is 1.08. The van der Waals surface area contributed by atoms with E-state index < -0.39 is 0 Å². The molecule has 3 nitrogen and oxygen atoms in total. The van der Waals surface area contributed by atoms with Crippen molar-refractivity contribution in [3.05, 3.63) is 40.6 Å². The predicted octanol–water partition coefficient (Wildman–Crippen LogP) is 4.52. The SMILES string of the molecule is Cc1ccc(-n2nc(C(C)C)c(CC(C)C)c2O)cc1C. The number of hydrogen-bond acceptors (Lipinski definition) is 2. The highest BCUT2D eigenvalue weighted by Crippen LogP contribution is 2.31. The highest BCUT2D eigenvalue weighted by molar-refractivity contribution is 5.45. The van der Waals surface area contributed by atoms with E-state index in [1.165, 1.54) is 11.1 Å². The number of hydrogen-bond donors (Lipinski definition) is 1. The fourth-order valence-corrected chi connectivity index (χ4v) is 2.56. The third kappa shape index (κ3) is 3.12. The van der Waals surface area contributed by atoms with Gasteiger partial charge in [-0.15, -0.1) is 0 Å². The number of benzene rings is 1. The molecular weight excluding hydrogens is 260 g/mol. The van der Waals surface area contributed by atoms with Crippen LogP contribution >= 0.6 is 0 Å². The maximum atomic E-state index is 10.6. The summed E-state index contributed by atoms with van der Waals surface area (Å²) in [4.78, 5) is 0. The monoisotopic (exact) mass is 286 g/mol. The van der Waals surface area contributed by atoms with Gasteiger partial charge < -0.3 is 5.11 Å². The molecule has 0 bridgehead atoms. The van der Waals surface area contributed by atoms with Crippen molar-refractivity contribution in [1.82, 2.24) is 9.78 Å². The lowest BCUT2D eigenvalue weighted by atomic mass is 9.98. The summed E-state index contributed by atoms with van der Waals surface area (Å²) in [7, 11) is 0. The first kappa shape index (κ1) is 15.6. The number of aryl methyl sites for hydroxylation is 2. The highest BCUT2D eigenvalue weighted by Gasteiger charge is 2.21. The van der Waals surface area contributed by atoms with Crippen molar-refractivity contribution in [2.75, 3.05) is 0 Å². The van der Waals surface area contributed by atoms with E-state index in [4.69, 9.17) is 0 Å². The van der Waals surface area contributed by atoms with Crippen LogP contribution in [0.1, 0.15) is 56.0 Å². The van der Waals surface area contributed by atoms with Crippen molar-refractivity contribution in [1.29, 1.82) is 0 Å². The van der Waals surface area contributed by atoms with Crippen molar-refractivity contribution in [3.63, 3.8) is 0 Å². The van der Waals surface area contributed by atoms with E-state index in [1.54, 1.807) is 4.68 Å². The minimum Gasteiger partial charge on any atom is -0.493 e. The highest BCUT2D eigenvalue weighted by atomic mass is 16.3. The van der Waals surface area contributed by atoms with E-state index >= 15 is 0 Å². The van der Waals surface area contributed by atoms with E-state index in [0.29, 0.717) is 11.8 Å². The van der Waals surface area contributed by atoms with Gasteiger partial charge in [-0.05, 0) is 55.4 Å². The van der Waals surface area contributed by atoms with E-state index in [0.717, 1.165) is 23.4 Å². The Balaban J connectivity index is 2.56. The molecule has 1 aromatic carbocycles. The van der Waals surface area contributed by atoms with Crippen LogP contribution in [0.2, 0.25) is 0 Å². The number of aromatic hydroxyl groups is 1. The molecule has 1 heterocycles. The van der Waals surface area contributed by atoms with E-state index in [9.17, 15) is 5.11 Å². The lowest BCUT2D eigenvalue weighted by Gasteiger charge is -2.08. The average Bonchev–Trinajstić information content (AvgIpc) is 2.70. The maximum Gasteiger partial charge on any atom is 0.217 e. The molecule has 0 saturated carbocycles. The molecule has 114 valence electrons. The smallest absolute Gasteiger partial charge is 0.217 e. The Labute approximate surface area is 127 Å². The van der Waals surface area contributed by atoms with Gasteiger partial charge in [-0.3, -0.25) is 0 Å². The van der Waals surface area contributed by atoms with Gasteiger partial charge in [-0.2, -0.15) is 5.10 Å². The van der Waals surface area contributed by atoms with Gasteiger partial charge in [0.15, 0.2) is 0 Å². The Hall–Kier alpha value is -1.77. The zero-order valence-electron chi connectivity index (χ0n) is 13.9. The standard InChI is InChI=1S/C18H26N2O/c1-11(2)9-16-17(12(3)4)19-20(18(16)21)15-8-7-13(5)14(6)10-15/h7-8,10-12,21H,9H2,1-6H3. The lowest BCUT2D eigenvalue weighted by molar-refractivity contribution is 0.424. The van der Waals surface area contributed by atoms with Gasteiger partial charge >= 0.3 is 0 Å². The van der Waals surface area contributed by atoms with Gasteiger partial charge in [0.05, 0.1) is 11.4 Å². The first-order chi connectivity index (χ1) is 9.81. The van der Waals surface area contributed by atoms with Crippen molar-refractivity contribution in [3.8, 4) is 11.6 Å². The summed E-state index contributed by atoms with van der Waals surface area (Å²) >= 11 is 0. The van der Waals surface area contributed by atoms with Crippen molar-refractivity contribution >= 4 is 0 Å². The molecule has 3 heteroatoms. The lowest BCUT2D eigenvalue weighted by Crippen LogP contribution is -1.99. The summed E-state index contributed by atoms with van der Waals surface area (Å²) in [6.07, 6.45) is 0.851. The largest absolute Gasteiger partial charge is 0.493 e. The van der Waals surface area contributed by atoms with Crippen LogP contribution in [-0.2, 0) is 6.42 Å². The summed E-state index contributed by atoms with van der Waals surface area (Å²) in [5, 5.41) is 15.3. The average molecular weight is 286 g/mol. The molecule has 0 aliphatic rings. The third-order valence-electron chi connectivity index (χ3n) is 3.88. The molecule has 1 aromatic heterocycles. The Morgan fingerprint density at radius 3 is 2.29 bits per heavy atom. The fourth-order valence-electron chi connectivity index (χ4n) is 2.56. The quantitative estimate of drug-likeness (QED) is 0.897. The maximum absolute atomic E-state index is 10.6. The van der Waals surface area contributed by atoms with Crippen LogP contribution < -0.4 is 0 Å². The molecule has 0 unspecified atom stereocenters. The number of rotatable bonds is 4. The number of nitrogens with zero attached hydrogens (tertiary/aromatic N) is 2. The third-order valence-corrected chi connectivity index (χ3v) is 3.88. The zero-order valence-corrected chi connectivity index (χ0v) is 13.9. The minimum atomic E-state index is 0.288. The molecule has 0 aliphatic heterocycles. The summed E-state index contributed by atoms with van der Waals surface area (Å²) in [6.45, 7) is 12.7. The molecule has 0 fully saturated rings. The van der Waals surface area contributed by atoms with Crippen LogP contribution in [0.4, 0.5) is 0 Å². The molecule has 1 N–H and O–H groups in total. The Bertz CT molecular complexity index is 639. The van der Waals surface area contributed by atoms with Crippen molar-refractivity contribution in [2.45, 2.75) is 53.9 Å². The van der Waals surface area contributed by atoms with Crippen LogP contribution in [0.15, 0.2) is 18.2 Å². The van der Waals surface area contributed by atoms with Crippen LogP contribution in [0, 0.1) is 19.8 Å². The van der Waals surface area contributed by atoms with Gasteiger partial charge in [0.25, 0.3) is 0 Å². The van der Waals surface area contributed by atoms with Crippen molar-refractivity contribution < 1.29 is 5.11 Å². The molecule has 0 aliphatic carbocycles. The van der Waals surface area contributed by atoms with Crippen LogP contribution in [0.25, 0.3) is 5.69 Å². The zero-order chi connectivity index (χ0) is 15.7. The van der Waals surface area contributed by atoms with E-state index in [1.807, 2.05) is 6.07 Å². The number of aromatic nitrogens is 2.